The van der Waals surface area contributed by atoms with Crippen molar-refractivity contribution in [2.75, 3.05) is 39.3 Å². The highest BCUT2D eigenvalue weighted by atomic mass is 16.2. The van der Waals surface area contributed by atoms with Crippen LogP contribution in [0, 0.1) is 0 Å². The maximum Gasteiger partial charge on any atom is 0.252 e. The minimum Gasteiger partial charge on any atom is -0.351 e. The molecule has 0 spiro atoms. The molecule has 1 fully saturated rings. The molecule has 0 unspecified atom stereocenters. The third kappa shape index (κ3) is 4.50. The summed E-state index contributed by atoms with van der Waals surface area (Å²) in [6.45, 7) is 6.08. The monoisotopic (exact) mass is 452 g/mol. The minimum atomic E-state index is -0.0949. The van der Waals surface area contributed by atoms with Crippen LogP contribution >= 0.6 is 0 Å². The molecule has 1 aliphatic rings. The molecule has 4 aromatic rings. The summed E-state index contributed by atoms with van der Waals surface area (Å²) >= 11 is 0. The largest absolute Gasteiger partial charge is 0.351 e. The van der Waals surface area contributed by atoms with Crippen LogP contribution in [0.25, 0.3) is 32.9 Å². The Balaban J connectivity index is 1.37. The number of nitrogens with one attached hydrogen (secondary N) is 1. The number of benzene rings is 3. The van der Waals surface area contributed by atoms with Gasteiger partial charge in [0.2, 0.25) is 5.91 Å². The molecule has 1 saturated heterocycles. The summed E-state index contributed by atoms with van der Waals surface area (Å²) in [6, 6.07) is 24.1. The second-order valence-electron chi connectivity index (χ2n) is 8.70. The van der Waals surface area contributed by atoms with Gasteiger partial charge < -0.3 is 10.2 Å². The minimum absolute atomic E-state index is 0.0949. The standard InChI is InChI=1S/C28H28N4O2/c1-20(33)32-17-15-31(16-18-32)14-13-29-28(34)25-19-27(30-26-12-5-4-10-24(25)26)23-11-6-8-21-7-2-3-9-22(21)23/h2-12,19H,13-18H2,1H3,(H,29,34). The van der Waals surface area contributed by atoms with Crippen molar-refractivity contribution in [3.8, 4) is 11.3 Å². The van der Waals surface area contributed by atoms with E-state index in [1.165, 1.54) is 0 Å². The first-order valence-corrected chi connectivity index (χ1v) is 11.7. The zero-order valence-corrected chi connectivity index (χ0v) is 19.3. The highest BCUT2D eigenvalue weighted by Gasteiger charge is 2.19. The second kappa shape index (κ2) is 9.61. The van der Waals surface area contributed by atoms with Gasteiger partial charge in [-0.25, -0.2) is 4.98 Å². The summed E-state index contributed by atoms with van der Waals surface area (Å²) in [4.78, 5) is 33.8. The number of nitrogens with zero attached hydrogens (tertiary/aromatic N) is 3. The molecule has 3 aromatic carbocycles. The van der Waals surface area contributed by atoms with E-state index in [9.17, 15) is 9.59 Å². The number of piperazine rings is 1. The molecule has 6 nitrogen and oxygen atoms in total. The van der Waals surface area contributed by atoms with Crippen LogP contribution in [-0.4, -0.2) is 65.9 Å². The lowest BCUT2D eigenvalue weighted by atomic mass is 9.99. The van der Waals surface area contributed by atoms with Gasteiger partial charge in [-0.1, -0.05) is 60.7 Å². The Labute approximate surface area is 199 Å². The molecule has 1 aromatic heterocycles. The zero-order valence-electron chi connectivity index (χ0n) is 19.3. The summed E-state index contributed by atoms with van der Waals surface area (Å²) in [7, 11) is 0. The lowest BCUT2D eigenvalue weighted by Gasteiger charge is -2.34. The number of aromatic nitrogens is 1. The zero-order chi connectivity index (χ0) is 23.5. The van der Waals surface area contributed by atoms with Gasteiger partial charge in [-0.2, -0.15) is 0 Å². The number of pyridine rings is 1. The normalized spacial score (nSPS) is 14.4. The summed E-state index contributed by atoms with van der Waals surface area (Å²) in [5.74, 6) is 0.0296. The molecule has 2 heterocycles. The lowest BCUT2D eigenvalue weighted by molar-refractivity contribution is -0.130. The van der Waals surface area contributed by atoms with Crippen molar-refractivity contribution in [2.45, 2.75) is 6.92 Å². The van der Waals surface area contributed by atoms with E-state index in [-0.39, 0.29) is 11.8 Å². The fourth-order valence-electron chi connectivity index (χ4n) is 4.66. The molecular weight excluding hydrogens is 424 g/mol. The van der Waals surface area contributed by atoms with Crippen LogP contribution in [-0.2, 0) is 4.79 Å². The van der Waals surface area contributed by atoms with Crippen molar-refractivity contribution < 1.29 is 9.59 Å². The average molecular weight is 453 g/mol. The number of hydrogen-bond acceptors (Lipinski definition) is 4. The highest BCUT2D eigenvalue weighted by Crippen LogP contribution is 2.30. The Kier molecular flexibility index (Phi) is 6.23. The number of para-hydroxylation sites is 1. The van der Waals surface area contributed by atoms with Gasteiger partial charge >= 0.3 is 0 Å². The molecule has 0 atom stereocenters. The van der Waals surface area contributed by atoms with E-state index in [0.717, 1.165) is 65.7 Å². The van der Waals surface area contributed by atoms with Crippen molar-refractivity contribution in [1.82, 2.24) is 20.1 Å². The van der Waals surface area contributed by atoms with Gasteiger partial charge in [-0.15, -0.1) is 0 Å². The Hall–Kier alpha value is -3.77. The Morgan fingerprint density at radius 2 is 1.59 bits per heavy atom. The predicted octanol–water partition coefficient (Wildman–Crippen LogP) is 3.95. The van der Waals surface area contributed by atoms with E-state index in [4.69, 9.17) is 4.98 Å². The molecule has 1 N–H and O–H groups in total. The van der Waals surface area contributed by atoms with Crippen molar-refractivity contribution in [3.63, 3.8) is 0 Å². The van der Waals surface area contributed by atoms with Crippen LogP contribution in [0.2, 0.25) is 0 Å². The average Bonchev–Trinajstić information content (AvgIpc) is 2.88. The van der Waals surface area contributed by atoms with E-state index in [0.29, 0.717) is 12.1 Å². The van der Waals surface area contributed by atoms with Crippen LogP contribution in [0.4, 0.5) is 0 Å². The Morgan fingerprint density at radius 1 is 0.882 bits per heavy atom. The summed E-state index contributed by atoms with van der Waals surface area (Å²) in [5.41, 5.74) is 3.25. The van der Waals surface area contributed by atoms with Gasteiger partial charge in [0, 0.05) is 57.1 Å². The highest BCUT2D eigenvalue weighted by molar-refractivity contribution is 6.08. The third-order valence-electron chi connectivity index (χ3n) is 6.56. The summed E-state index contributed by atoms with van der Waals surface area (Å²) < 4.78 is 0. The number of rotatable bonds is 5. The first kappa shape index (κ1) is 22.0. The second-order valence-corrected chi connectivity index (χ2v) is 8.70. The van der Waals surface area contributed by atoms with Crippen molar-refractivity contribution >= 4 is 33.5 Å². The van der Waals surface area contributed by atoms with Crippen LogP contribution < -0.4 is 5.32 Å². The SMILES string of the molecule is CC(=O)N1CCN(CCNC(=O)c2cc(-c3cccc4ccccc34)nc3ccccc23)CC1. The van der Waals surface area contributed by atoms with E-state index in [2.05, 4.69) is 34.5 Å². The van der Waals surface area contributed by atoms with Gasteiger partial charge in [0.1, 0.15) is 0 Å². The quantitative estimate of drug-likeness (QED) is 0.498. The maximum atomic E-state index is 13.3. The van der Waals surface area contributed by atoms with E-state index < -0.39 is 0 Å². The van der Waals surface area contributed by atoms with Crippen LogP contribution in [0.15, 0.2) is 72.8 Å². The fraction of sp³-hybridized carbons (Fsp3) is 0.250. The number of fused-ring (bicyclic) bond motifs is 2. The maximum absolute atomic E-state index is 13.3. The molecule has 0 bridgehead atoms. The van der Waals surface area contributed by atoms with Gasteiger partial charge in [0.05, 0.1) is 16.8 Å². The van der Waals surface area contributed by atoms with Crippen molar-refractivity contribution in [1.29, 1.82) is 0 Å². The van der Waals surface area contributed by atoms with E-state index in [1.807, 2.05) is 53.4 Å². The number of carbonyl (C=O) groups is 2. The van der Waals surface area contributed by atoms with E-state index >= 15 is 0 Å². The summed E-state index contributed by atoms with van der Waals surface area (Å²) in [5, 5.41) is 6.20. The predicted molar refractivity (Wildman–Crippen MR) is 136 cm³/mol. The van der Waals surface area contributed by atoms with Crippen LogP contribution in [0.3, 0.4) is 0 Å². The molecule has 2 amide bonds. The van der Waals surface area contributed by atoms with Crippen LogP contribution in [0.1, 0.15) is 17.3 Å². The molecule has 6 heteroatoms. The molecule has 0 radical (unpaired) electrons. The first-order chi connectivity index (χ1) is 16.6. The van der Waals surface area contributed by atoms with Gasteiger partial charge in [-0.05, 0) is 22.9 Å². The van der Waals surface area contributed by atoms with Crippen LogP contribution in [0.5, 0.6) is 0 Å². The Bertz CT molecular complexity index is 1350. The molecule has 1 aliphatic heterocycles. The molecular formula is C28H28N4O2. The smallest absolute Gasteiger partial charge is 0.252 e. The van der Waals surface area contributed by atoms with Gasteiger partial charge in [0.15, 0.2) is 0 Å². The van der Waals surface area contributed by atoms with Crippen molar-refractivity contribution in [2.24, 2.45) is 0 Å². The first-order valence-electron chi connectivity index (χ1n) is 11.7. The molecule has 0 saturated carbocycles. The topological polar surface area (TPSA) is 65.5 Å². The molecule has 0 aliphatic carbocycles. The van der Waals surface area contributed by atoms with Crippen molar-refractivity contribution in [3.05, 3.63) is 78.4 Å². The number of carbonyl (C=O) groups excluding carboxylic acids is 2. The van der Waals surface area contributed by atoms with Gasteiger partial charge in [0.25, 0.3) is 5.91 Å². The number of amides is 2. The molecule has 34 heavy (non-hydrogen) atoms. The summed E-state index contributed by atoms with van der Waals surface area (Å²) in [6.07, 6.45) is 0. The lowest BCUT2D eigenvalue weighted by Crippen LogP contribution is -2.49. The molecule has 5 rings (SSSR count). The van der Waals surface area contributed by atoms with Gasteiger partial charge in [-0.3, -0.25) is 14.5 Å². The Morgan fingerprint density at radius 3 is 2.38 bits per heavy atom. The van der Waals surface area contributed by atoms with E-state index in [1.54, 1.807) is 6.92 Å². The number of hydrogen-bond donors (Lipinski definition) is 1. The third-order valence-corrected chi connectivity index (χ3v) is 6.56. The molecule has 172 valence electrons. The fourth-order valence-corrected chi connectivity index (χ4v) is 4.66.